The summed E-state index contributed by atoms with van der Waals surface area (Å²) in [5.41, 5.74) is 1.07. The van der Waals surface area contributed by atoms with Crippen molar-refractivity contribution in [2.75, 3.05) is 13.2 Å². The lowest BCUT2D eigenvalue weighted by Gasteiger charge is -2.12. The van der Waals surface area contributed by atoms with E-state index in [4.69, 9.17) is 9.47 Å². The highest BCUT2D eigenvalue weighted by Crippen LogP contribution is 2.36. The molecule has 2 amide bonds. The number of imide groups is 1. The molecule has 0 aliphatic carbocycles. The smallest absolute Gasteiger partial charge is 0.293 e. The molecule has 0 unspecified atom stereocenters. The molecule has 8 nitrogen and oxygen atoms in total. The molecule has 2 aromatic rings. The molecule has 0 bridgehead atoms. The summed E-state index contributed by atoms with van der Waals surface area (Å²) < 4.78 is 11.1. The van der Waals surface area contributed by atoms with Crippen LogP contribution in [0.3, 0.4) is 0 Å². The van der Waals surface area contributed by atoms with E-state index in [1.54, 1.807) is 30.3 Å². The predicted molar refractivity (Wildman–Crippen MR) is 113 cm³/mol. The molecule has 1 fully saturated rings. The topological polar surface area (TPSA) is 99.0 Å². The summed E-state index contributed by atoms with van der Waals surface area (Å²) in [6.07, 6.45) is 1.61. The van der Waals surface area contributed by atoms with Gasteiger partial charge in [0.15, 0.2) is 0 Å². The van der Waals surface area contributed by atoms with Crippen LogP contribution in [0.15, 0.2) is 47.4 Å². The van der Waals surface area contributed by atoms with Crippen molar-refractivity contribution in [2.45, 2.75) is 20.4 Å². The Hall–Kier alpha value is -3.33. The van der Waals surface area contributed by atoms with Gasteiger partial charge in [-0.1, -0.05) is 12.1 Å². The van der Waals surface area contributed by atoms with Crippen molar-refractivity contribution in [3.8, 4) is 11.5 Å². The minimum absolute atomic E-state index is 0.0364. The Bertz CT molecular complexity index is 1020. The average Bonchev–Trinajstić information content (AvgIpc) is 2.98. The third-order valence-electron chi connectivity index (χ3n) is 4.22. The number of benzene rings is 2. The SMILES string of the molecule is CCOc1ccc(/C=C2\SC(=O)N(Cc3cccc([N+](=O)[O-])c3)C2=O)c(OCC)c1. The molecule has 3 rings (SSSR count). The van der Waals surface area contributed by atoms with Gasteiger partial charge in [-0.05, 0) is 49.4 Å². The minimum Gasteiger partial charge on any atom is -0.494 e. The molecule has 30 heavy (non-hydrogen) atoms. The highest BCUT2D eigenvalue weighted by atomic mass is 32.2. The van der Waals surface area contributed by atoms with Gasteiger partial charge >= 0.3 is 0 Å². The van der Waals surface area contributed by atoms with Crippen LogP contribution < -0.4 is 9.47 Å². The fourth-order valence-electron chi connectivity index (χ4n) is 2.90. The number of nitro groups is 1. The molecule has 0 atom stereocenters. The van der Waals surface area contributed by atoms with E-state index in [0.29, 0.717) is 35.8 Å². The fraction of sp³-hybridized carbons (Fsp3) is 0.238. The van der Waals surface area contributed by atoms with Gasteiger partial charge in [0.05, 0.1) is 29.6 Å². The Balaban J connectivity index is 1.84. The lowest BCUT2D eigenvalue weighted by atomic mass is 10.1. The summed E-state index contributed by atoms with van der Waals surface area (Å²) in [6, 6.07) is 11.2. The van der Waals surface area contributed by atoms with Crippen molar-refractivity contribution in [3.05, 3.63) is 68.6 Å². The molecule has 0 aromatic heterocycles. The summed E-state index contributed by atoms with van der Waals surface area (Å²) in [7, 11) is 0. The Morgan fingerprint density at radius 1 is 1.10 bits per heavy atom. The molecule has 156 valence electrons. The van der Waals surface area contributed by atoms with Crippen molar-refractivity contribution < 1.29 is 24.0 Å². The summed E-state index contributed by atoms with van der Waals surface area (Å²) in [6.45, 7) is 4.65. The van der Waals surface area contributed by atoms with E-state index >= 15 is 0 Å². The molecule has 9 heteroatoms. The number of hydrogen-bond donors (Lipinski definition) is 0. The third-order valence-corrected chi connectivity index (χ3v) is 5.13. The van der Waals surface area contributed by atoms with Gasteiger partial charge in [0.2, 0.25) is 0 Å². The average molecular weight is 428 g/mol. The maximum absolute atomic E-state index is 12.8. The van der Waals surface area contributed by atoms with Crippen molar-refractivity contribution >= 4 is 34.7 Å². The van der Waals surface area contributed by atoms with Gasteiger partial charge in [0, 0.05) is 23.8 Å². The van der Waals surface area contributed by atoms with Crippen LogP contribution in [0.1, 0.15) is 25.0 Å². The van der Waals surface area contributed by atoms with Gasteiger partial charge < -0.3 is 9.47 Å². The van der Waals surface area contributed by atoms with Gasteiger partial charge in [-0.15, -0.1) is 0 Å². The molecule has 0 spiro atoms. The lowest BCUT2D eigenvalue weighted by Crippen LogP contribution is -2.27. The molecule has 1 saturated heterocycles. The van der Waals surface area contributed by atoms with Crippen molar-refractivity contribution in [1.29, 1.82) is 0 Å². The maximum Gasteiger partial charge on any atom is 0.293 e. The number of non-ortho nitro benzene ring substituents is 1. The number of nitro benzene ring substituents is 1. The van der Waals surface area contributed by atoms with E-state index in [-0.39, 0.29) is 17.1 Å². The summed E-state index contributed by atoms with van der Waals surface area (Å²) in [5.74, 6) is 0.749. The molecule has 2 aromatic carbocycles. The molecule has 0 radical (unpaired) electrons. The lowest BCUT2D eigenvalue weighted by molar-refractivity contribution is -0.384. The normalized spacial score (nSPS) is 15.0. The van der Waals surface area contributed by atoms with E-state index in [1.807, 2.05) is 13.8 Å². The highest BCUT2D eigenvalue weighted by Gasteiger charge is 2.35. The van der Waals surface area contributed by atoms with Crippen LogP contribution in [0, 0.1) is 10.1 Å². The van der Waals surface area contributed by atoms with Gasteiger partial charge in [-0.25, -0.2) is 0 Å². The van der Waals surface area contributed by atoms with Crippen molar-refractivity contribution in [1.82, 2.24) is 4.90 Å². The van der Waals surface area contributed by atoms with Gasteiger partial charge in [0.25, 0.3) is 16.8 Å². The Kier molecular flexibility index (Phi) is 6.73. The first-order valence-electron chi connectivity index (χ1n) is 9.31. The Morgan fingerprint density at radius 2 is 1.87 bits per heavy atom. The number of thioether (sulfide) groups is 1. The number of rotatable bonds is 8. The van der Waals surface area contributed by atoms with E-state index in [1.165, 1.54) is 18.2 Å². The number of ether oxygens (including phenoxy) is 2. The largest absolute Gasteiger partial charge is 0.494 e. The van der Waals surface area contributed by atoms with E-state index < -0.39 is 16.1 Å². The van der Waals surface area contributed by atoms with Crippen LogP contribution >= 0.6 is 11.8 Å². The van der Waals surface area contributed by atoms with Crippen molar-refractivity contribution in [2.24, 2.45) is 0 Å². The zero-order valence-corrected chi connectivity index (χ0v) is 17.3. The number of hydrogen-bond acceptors (Lipinski definition) is 7. The van der Waals surface area contributed by atoms with Crippen LogP contribution in [0.25, 0.3) is 6.08 Å². The number of carbonyl (C=O) groups excluding carboxylic acids is 2. The van der Waals surface area contributed by atoms with Crippen LogP contribution in [0.2, 0.25) is 0 Å². The quantitative estimate of drug-likeness (QED) is 0.343. The second-order valence-electron chi connectivity index (χ2n) is 6.26. The molecule has 1 aliphatic heterocycles. The second kappa shape index (κ2) is 9.45. The zero-order chi connectivity index (χ0) is 21.7. The van der Waals surface area contributed by atoms with Crippen LogP contribution in [0.4, 0.5) is 10.5 Å². The highest BCUT2D eigenvalue weighted by molar-refractivity contribution is 8.18. The van der Waals surface area contributed by atoms with E-state index in [0.717, 1.165) is 16.7 Å². The zero-order valence-electron chi connectivity index (χ0n) is 16.5. The Labute approximate surface area is 177 Å². The first-order chi connectivity index (χ1) is 14.4. The first-order valence-corrected chi connectivity index (χ1v) is 10.1. The monoisotopic (exact) mass is 428 g/mol. The summed E-state index contributed by atoms with van der Waals surface area (Å²) in [5, 5.41) is 10.5. The first kappa shape index (κ1) is 21.4. The molecule has 1 aliphatic rings. The molecule has 1 heterocycles. The third kappa shape index (κ3) is 4.80. The summed E-state index contributed by atoms with van der Waals surface area (Å²) in [4.78, 5) is 37.0. The number of carbonyl (C=O) groups is 2. The Morgan fingerprint density at radius 3 is 2.57 bits per heavy atom. The van der Waals surface area contributed by atoms with E-state index in [2.05, 4.69) is 0 Å². The van der Waals surface area contributed by atoms with Crippen LogP contribution in [-0.2, 0) is 11.3 Å². The standard InChI is InChI=1S/C21H20N2O6S/c1-3-28-17-9-8-15(18(12-17)29-4-2)11-19-20(24)22(21(25)30-19)13-14-6-5-7-16(10-14)23(26)27/h5-12H,3-4,13H2,1-2H3/b19-11-. The van der Waals surface area contributed by atoms with Gasteiger partial charge in [-0.2, -0.15) is 0 Å². The van der Waals surface area contributed by atoms with Crippen LogP contribution in [0.5, 0.6) is 11.5 Å². The fourth-order valence-corrected chi connectivity index (χ4v) is 3.73. The van der Waals surface area contributed by atoms with E-state index in [9.17, 15) is 19.7 Å². The molecule has 0 saturated carbocycles. The molecule has 0 N–H and O–H groups in total. The minimum atomic E-state index is -0.515. The second-order valence-corrected chi connectivity index (χ2v) is 7.25. The summed E-state index contributed by atoms with van der Waals surface area (Å²) >= 11 is 0.825. The molecular formula is C21H20N2O6S. The molecular weight excluding hydrogens is 408 g/mol. The van der Waals surface area contributed by atoms with Crippen molar-refractivity contribution in [3.63, 3.8) is 0 Å². The van der Waals surface area contributed by atoms with Crippen LogP contribution in [-0.4, -0.2) is 34.2 Å². The predicted octanol–water partition coefficient (Wildman–Crippen LogP) is 4.63. The van der Waals surface area contributed by atoms with Gasteiger partial charge in [0.1, 0.15) is 11.5 Å². The van der Waals surface area contributed by atoms with Gasteiger partial charge in [-0.3, -0.25) is 24.6 Å². The maximum atomic E-state index is 12.8. The number of amides is 2. The number of nitrogens with zero attached hydrogens (tertiary/aromatic N) is 2.